The lowest BCUT2D eigenvalue weighted by Gasteiger charge is -2.17. The number of unbranched alkanes of at least 4 members (excludes halogenated alkanes) is 1. The Labute approximate surface area is 184 Å². The summed E-state index contributed by atoms with van der Waals surface area (Å²) in [5.41, 5.74) is 5.34. The van der Waals surface area contributed by atoms with Crippen molar-refractivity contribution in [1.82, 2.24) is 16.0 Å². The maximum absolute atomic E-state index is 11.9. The monoisotopic (exact) mass is 442 g/mol. The van der Waals surface area contributed by atoms with Gasteiger partial charge in [0, 0.05) is 38.3 Å². The number of carboxylic acids is 1. The van der Waals surface area contributed by atoms with Crippen molar-refractivity contribution in [2.24, 2.45) is 5.73 Å². The van der Waals surface area contributed by atoms with Crippen LogP contribution in [0.1, 0.15) is 78.6 Å². The van der Waals surface area contributed by atoms with E-state index in [9.17, 15) is 24.0 Å². The van der Waals surface area contributed by atoms with Gasteiger partial charge in [0.1, 0.15) is 17.9 Å². The first-order valence-corrected chi connectivity index (χ1v) is 10.9. The third kappa shape index (κ3) is 15.0. The number of nitrogens with two attached hydrogens (primary N) is 1. The van der Waals surface area contributed by atoms with E-state index in [2.05, 4.69) is 16.0 Å². The normalized spacial score (nSPS) is 12.8. The molecule has 2 atom stereocenters. The van der Waals surface area contributed by atoms with Crippen LogP contribution in [0.5, 0.6) is 0 Å². The summed E-state index contributed by atoms with van der Waals surface area (Å²) in [5, 5.41) is 17.4. The summed E-state index contributed by atoms with van der Waals surface area (Å²) in [6, 6.07) is -1.56. The van der Waals surface area contributed by atoms with Crippen LogP contribution in [0.25, 0.3) is 0 Å². The van der Waals surface area contributed by atoms with Crippen LogP contribution in [0.4, 0.5) is 0 Å². The van der Waals surface area contributed by atoms with E-state index in [1.165, 1.54) is 0 Å². The topological polar surface area (TPSA) is 168 Å². The van der Waals surface area contributed by atoms with Gasteiger partial charge in [0.25, 0.3) is 0 Å². The fourth-order valence-electron chi connectivity index (χ4n) is 2.92. The smallest absolute Gasteiger partial charge is 0.320 e. The summed E-state index contributed by atoms with van der Waals surface area (Å²) in [6.45, 7) is 5.83. The van der Waals surface area contributed by atoms with E-state index in [-0.39, 0.29) is 42.9 Å². The molecule has 0 aromatic heterocycles. The first kappa shape index (κ1) is 28.5. The highest BCUT2D eigenvalue weighted by molar-refractivity contribution is 5.86. The molecule has 178 valence electrons. The average Bonchev–Trinajstić information content (AvgIpc) is 2.69. The minimum Gasteiger partial charge on any atom is -0.480 e. The number of rotatable bonds is 18. The van der Waals surface area contributed by atoms with Crippen molar-refractivity contribution in [1.29, 1.82) is 0 Å². The van der Waals surface area contributed by atoms with Crippen molar-refractivity contribution in [3.63, 3.8) is 0 Å². The van der Waals surface area contributed by atoms with Crippen LogP contribution in [0.2, 0.25) is 0 Å². The van der Waals surface area contributed by atoms with Crippen LogP contribution in [0.3, 0.4) is 0 Å². The third-order valence-corrected chi connectivity index (χ3v) is 4.67. The molecule has 0 aliphatic heterocycles. The lowest BCUT2D eigenvalue weighted by molar-refractivity contribution is -0.140. The zero-order valence-electron chi connectivity index (χ0n) is 18.9. The van der Waals surface area contributed by atoms with Gasteiger partial charge in [-0.05, 0) is 32.1 Å². The third-order valence-electron chi connectivity index (χ3n) is 4.67. The average molecular weight is 443 g/mol. The predicted octanol–water partition coefficient (Wildman–Crippen LogP) is 0.624. The number of carboxylic acid groups (broad SMARTS) is 1. The molecule has 0 aliphatic carbocycles. The molecule has 0 rings (SSSR count). The summed E-state index contributed by atoms with van der Waals surface area (Å²) < 4.78 is 0. The SMILES string of the molecule is CCC(=O)CCCC(=O)NC(CCCCNC(=O)CCC(NC(C)C)C(=O)O)C(N)=O. The molecular formula is C21H38N4O6. The Morgan fingerprint density at radius 1 is 0.871 bits per heavy atom. The molecule has 0 spiro atoms. The van der Waals surface area contributed by atoms with Gasteiger partial charge in [0.15, 0.2) is 0 Å². The number of amides is 3. The van der Waals surface area contributed by atoms with Gasteiger partial charge >= 0.3 is 5.97 Å². The Morgan fingerprint density at radius 3 is 2.10 bits per heavy atom. The fourth-order valence-corrected chi connectivity index (χ4v) is 2.92. The largest absolute Gasteiger partial charge is 0.480 e. The number of carbonyl (C=O) groups excluding carboxylic acids is 4. The van der Waals surface area contributed by atoms with Crippen LogP contribution >= 0.6 is 0 Å². The highest BCUT2D eigenvalue weighted by Crippen LogP contribution is 2.04. The van der Waals surface area contributed by atoms with Crippen molar-refractivity contribution in [2.75, 3.05) is 6.54 Å². The van der Waals surface area contributed by atoms with Crippen LogP contribution in [-0.2, 0) is 24.0 Å². The summed E-state index contributed by atoms with van der Waals surface area (Å²) in [7, 11) is 0. The molecule has 0 aromatic rings. The van der Waals surface area contributed by atoms with Crippen molar-refractivity contribution in [3.05, 3.63) is 0 Å². The number of Topliss-reactive ketones (excluding diaryl/α,β-unsaturated/α-hetero) is 1. The van der Waals surface area contributed by atoms with Gasteiger partial charge in [-0.3, -0.25) is 24.0 Å². The van der Waals surface area contributed by atoms with E-state index in [1.54, 1.807) is 6.92 Å². The molecule has 0 aromatic carbocycles. The van der Waals surface area contributed by atoms with Gasteiger partial charge in [-0.25, -0.2) is 0 Å². The lowest BCUT2D eigenvalue weighted by atomic mass is 10.1. The summed E-state index contributed by atoms with van der Waals surface area (Å²) in [6.07, 6.45) is 3.17. The van der Waals surface area contributed by atoms with Gasteiger partial charge in [-0.15, -0.1) is 0 Å². The van der Waals surface area contributed by atoms with E-state index in [0.717, 1.165) is 0 Å². The van der Waals surface area contributed by atoms with E-state index in [0.29, 0.717) is 45.1 Å². The van der Waals surface area contributed by atoms with Gasteiger partial charge in [0.05, 0.1) is 0 Å². The molecule has 10 nitrogen and oxygen atoms in total. The van der Waals surface area contributed by atoms with Crippen molar-refractivity contribution >= 4 is 29.5 Å². The number of primary amides is 1. The van der Waals surface area contributed by atoms with Gasteiger partial charge < -0.3 is 26.8 Å². The summed E-state index contributed by atoms with van der Waals surface area (Å²) in [4.78, 5) is 57.8. The number of hydrogen-bond acceptors (Lipinski definition) is 6. The van der Waals surface area contributed by atoms with Gasteiger partial charge in [-0.1, -0.05) is 20.8 Å². The summed E-state index contributed by atoms with van der Waals surface area (Å²) in [5.74, 6) is -2.07. The molecule has 0 fully saturated rings. The number of hydrogen-bond donors (Lipinski definition) is 5. The van der Waals surface area contributed by atoms with Crippen molar-refractivity contribution < 1.29 is 29.1 Å². The zero-order valence-corrected chi connectivity index (χ0v) is 18.9. The fraction of sp³-hybridized carbons (Fsp3) is 0.762. The molecule has 6 N–H and O–H groups in total. The van der Waals surface area contributed by atoms with Crippen LogP contribution in [0, 0.1) is 0 Å². The second kappa shape index (κ2) is 16.2. The molecule has 0 radical (unpaired) electrons. The summed E-state index contributed by atoms with van der Waals surface area (Å²) >= 11 is 0. The van der Waals surface area contributed by atoms with Crippen LogP contribution < -0.4 is 21.7 Å². The minimum absolute atomic E-state index is 0.00156. The van der Waals surface area contributed by atoms with E-state index in [1.807, 2.05) is 13.8 Å². The maximum atomic E-state index is 11.9. The molecule has 0 saturated heterocycles. The van der Waals surface area contributed by atoms with Crippen LogP contribution in [-0.4, -0.2) is 59.3 Å². The molecule has 10 heteroatoms. The Bertz CT molecular complexity index is 609. The molecule has 0 bridgehead atoms. The van der Waals surface area contributed by atoms with Crippen molar-refractivity contribution in [2.45, 2.75) is 96.7 Å². The predicted molar refractivity (Wildman–Crippen MR) is 116 cm³/mol. The van der Waals surface area contributed by atoms with Crippen molar-refractivity contribution in [3.8, 4) is 0 Å². The standard InChI is InChI=1S/C21H38N4O6/c1-4-15(26)8-7-10-19(28)25-16(20(22)29)9-5-6-13-23-18(27)12-11-17(21(30)31)24-14(2)3/h14,16-17,24H,4-13H2,1-3H3,(H2,22,29)(H,23,27)(H,25,28)(H,30,31). The number of ketones is 1. The van der Waals surface area contributed by atoms with E-state index >= 15 is 0 Å². The lowest BCUT2D eigenvalue weighted by Crippen LogP contribution is -2.44. The Morgan fingerprint density at radius 2 is 1.55 bits per heavy atom. The Hall–Kier alpha value is -2.49. The molecule has 0 saturated carbocycles. The van der Waals surface area contributed by atoms with Gasteiger partial charge in [-0.2, -0.15) is 0 Å². The maximum Gasteiger partial charge on any atom is 0.320 e. The first-order valence-electron chi connectivity index (χ1n) is 10.9. The molecule has 3 amide bonds. The first-order chi connectivity index (χ1) is 14.6. The Balaban J connectivity index is 4.11. The zero-order chi connectivity index (χ0) is 23.8. The van der Waals surface area contributed by atoms with Crippen LogP contribution in [0.15, 0.2) is 0 Å². The Kier molecular flexibility index (Phi) is 14.9. The number of aliphatic carboxylic acids is 1. The number of nitrogens with one attached hydrogen (secondary N) is 3. The second-order valence-corrected chi connectivity index (χ2v) is 7.86. The second-order valence-electron chi connectivity index (χ2n) is 7.86. The molecule has 2 unspecified atom stereocenters. The quantitative estimate of drug-likeness (QED) is 0.194. The molecule has 0 aliphatic rings. The van der Waals surface area contributed by atoms with E-state index < -0.39 is 24.0 Å². The number of carbonyl (C=O) groups is 5. The van der Waals surface area contributed by atoms with E-state index in [4.69, 9.17) is 10.8 Å². The highest BCUT2D eigenvalue weighted by Gasteiger charge is 2.20. The highest BCUT2D eigenvalue weighted by atomic mass is 16.4. The van der Waals surface area contributed by atoms with Gasteiger partial charge in [0.2, 0.25) is 17.7 Å². The minimum atomic E-state index is -0.988. The molecule has 31 heavy (non-hydrogen) atoms. The molecule has 0 heterocycles. The molecular weight excluding hydrogens is 404 g/mol.